The molecule has 1 rings (SSSR count). The fourth-order valence-corrected chi connectivity index (χ4v) is 2.87. The molecule has 3 nitrogen and oxygen atoms in total. The maximum Gasteiger partial charge on any atom is 0.0897 e. The van der Waals surface area contributed by atoms with Gasteiger partial charge in [0.05, 0.1) is 12.7 Å². The Bertz CT molecular complexity index is 325. The summed E-state index contributed by atoms with van der Waals surface area (Å²) in [7, 11) is 0. The zero-order valence-electron chi connectivity index (χ0n) is 12.4. The lowest BCUT2D eigenvalue weighted by molar-refractivity contribution is 0.0243. The van der Waals surface area contributed by atoms with Crippen molar-refractivity contribution in [3.05, 3.63) is 22.4 Å². The molecule has 19 heavy (non-hydrogen) atoms. The number of rotatable bonds is 9. The second kappa shape index (κ2) is 8.69. The Kier molecular flexibility index (Phi) is 7.61. The third-order valence-electron chi connectivity index (χ3n) is 2.85. The van der Waals surface area contributed by atoms with Crippen LogP contribution in [0.2, 0.25) is 0 Å². The summed E-state index contributed by atoms with van der Waals surface area (Å²) in [5, 5.41) is 15.4. The van der Waals surface area contributed by atoms with Crippen LogP contribution in [-0.2, 0) is 4.74 Å². The minimum absolute atomic E-state index is 0.305. The van der Waals surface area contributed by atoms with Crippen LogP contribution >= 0.6 is 11.3 Å². The van der Waals surface area contributed by atoms with E-state index in [4.69, 9.17) is 4.74 Å². The van der Waals surface area contributed by atoms with E-state index < -0.39 is 6.10 Å². The van der Waals surface area contributed by atoms with Crippen molar-refractivity contribution in [2.24, 2.45) is 11.8 Å². The van der Waals surface area contributed by atoms with Crippen LogP contribution in [0.1, 0.15) is 38.6 Å². The van der Waals surface area contributed by atoms with E-state index in [1.165, 1.54) is 4.88 Å². The molecule has 2 unspecified atom stereocenters. The molecular weight excluding hydrogens is 258 g/mol. The van der Waals surface area contributed by atoms with Crippen LogP contribution in [0.25, 0.3) is 0 Å². The fraction of sp³-hybridized carbons (Fsp3) is 0.733. The van der Waals surface area contributed by atoms with Crippen molar-refractivity contribution in [2.45, 2.75) is 39.8 Å². The molecule has 0 fully saturated rings. The highest BCUT2D eigenvalue weighted by molar-refractivity contribution is 7.10. The topological polar surface area (TPSA) is 41.5 Å². The SMILES string of the molecule is CC(C)COCC(O)CNC(c1cccs1)C(C)C. The lowest BCUT2D eigenvalue weighted by Gasteiger charge is -2.23. The molecular formula is C15H27NO2S. The maximum absolute atomic E-state index is 9.91. The molecule has 0 bridgehead atoms. The average molecular weight is 285 g/mol. The molecule has 0 radical (unpaired) electrons. The highest BCUT2D eigenvalue weighted by atomic mass is 32.1. The number of hydrogen-bond acceptors (Lipinski definition) is 4. The van der Waals surface area contributed by atoms with E-state index in [0.29, 0.717) is 37.6 Å². The van der Waals surface area contributed by atoms with Gasteiger partial charge in [-0.1, -0.05) is 33.8 Å². The first-order chi connectivity index (χ1) is 9.00. The maximum atomic E-state index is 9.91. The number of aliphatic hydroxyl groups is 1. The summed E-state index contributed by atoms with van der Waals surface area (Å²) in [4.78, 5) is 1.32. The highest BCUT2D eigenvalue weighted by Crippen LogP contribution is 2.25. The van der Waals surface area contributed by atoms with Crippen LogP contribution in [-0.4, -0.2) is 31.0 Å². The molecule has 2 atom stereocenters. The molecule has 0 aliphatic rings. The van der Waals surface area contributed by atoms with Gasteiger partial charge in [0, 0.05) is 24.1 Å². The van der Waals surface area contributed by atoms with Crippen molar-refractivity contribution in [2.75, 3.05) is 19.8 Å². The lowest BCUT2D eigenvalue weighted by Crippen LogP contribution is -2.35. The van der Waals surface area contributed by atoms with Gasteiger partial charge in [-0.3, -0.25) is 0 Å². The summed E-state index contributed by atoms with van der Waals surface area (Å²) in [6.45, 7) is 10.3. The zero-order chi connectivity index (χ0) is 14.3. The summed E-state index contributed by atoms with van der Waals surface area (Å²) >= 11 is 1.76. The molecule has 0 saturated carbocycles. The molecule has 1 heterocycles. The monoisotopic (exact) mass is 285 g/mol. The van der Waals surface area contributed by atoms with Crippen molar-refractivity contribution < 1.29 is 9.84 Å². The van der Waals surface area contributed by atoms with Crippen LogP contribution < -0.4 is 5.32 Å². The second-order valence-corrected chi connectivity index (χ2v) is 6.71. The third kappa shape index (κ3) is 6.52. The average Bonchev–Trinajstić information content (AvgIpc) is 2.82. The molecule has 0 aromatic carbocycles. The van der Waals surface area contributed by atoms with Crippen molar-refractivity contribution >= 4 is 11.3 Å². The first-order valence-corrected chi connectivity index (χ1v) is 7.91. The van der Waals surface area contributed by atoms with Crippen LogP contribution in [0.5, 0.6) is 0 Å². The fourth-order valence-electron chi connectivity index (χ4n) is 1.89. The second-order valence-electron chi connectivity index (χ2n) is 5.73. The smallest absolute Gasteiger partial charge is 0.0897 e. The summed E-state index contributed by atoms with van der Waals surface area (Å²) in [6, 6.07) is 4.52. The number of ether oxygens (including phenoxy) is 1. The Morgan fingerprint density at radius 1 is 1.26 bits per heavy atom. The standard InChI is InChI=1S/C15H27NO2S/c1-11(2)9-18-10-13(17)8-16-15(12(3)4)14-6-5-7-19-14/h5-7,11-13,15-17H,8-10H2,1-4H3. The van der Waals surface area contributed by atoms with Gasteiger partial charge in [-0.05, 0) is 23.3 Å². The quantitative estimate of drug-likeness (QED) is 0.732. The van der Waals surface area contributed by atoms with Crippen molar-refractivity contribution in [1.29, 1.82) is 0 Å². The number of hydrogen-bond donors (Lipinski definition) is 2. The lowest BCUT2D eigenvalue weighted by atomic mass is 10.0. The number of nitrogens with one attached hydrogen (secondary N) is 1. The molecule has 0 amide bonds. The largest absolute Gasteiger partial charge is 0.389 e. The Hall–Kier alpha value is -0.420. The van der Waals surface area contributed by atoms with E-state index in [-0.39, 0.29) is 0 Å². The summed E-state index contributed by atoms with van der Waals surface area (Å²) in [5.74, 6) is 1.01. The van der Waals surface area contributed by atoms with Crippen LogP contribution in [0.3, 0.4) is 0 Å². The molecule has 0 spiro atoms. The molecule has 1 aromatic rings. The van der Waals surface area contributed by atoms with E-state index in [1.54, 1.807) is 11.3 Å². The first-order valence-electron chi connectivity index (χ1n) is 7.03. The predicted molar refractivity (Wildman–Crippen MR) is 81.6 cm³/mol. The molecule has 4 heteroatoms. The minimum Gasteiger partial charge on any atom is -0.389 e. The summed E-state index contributed by atoms with van der Waals surface area (Å²) in [5.41, 5.74) is 0. The zero-order valence-corrected chi connectivity index (χ0v) is 13.2. The van der Waals surface area contributed by atoms with Gasteiger partial charge >= 0.3 is 0 Å². The Morgan fingerprint density at radius 3 is 2.53 bits per heavy atom. The van der Waals surface area contributed by atoms with Gasteiger partial charge in [-0.15, -0.1) is 11.3 Å². The summed E-state index contributed by atoms with van der Waals surface area (Å²) in [6.07, 6.45) is -0.444. The summed E-state index contributed by atoms with van der Waals surface area (Å²) < 4.78 is 5.45. The van der Waals surface area contributed by atoms with Gasteiger partial charge in [-0.2, -0.15) is 0 Å². The number of aliphatic hydroxyl groups excluding tert-OH is 1. The number of thiophene rings is 1. The molecule has 2 N–H and O–H groups in total. The van der Waals surface area contributed by atoms with E-state index >= 15 is 0 Å². The van der Waals surface area contributed by atoms with Crippen molar-refractivity contribution in [3.8, 4) is 0 Å². The first kappa shape index (κ1) is 16.6. The van der Waals surface area contributed by atoms with Crippen molar-refractivity contribution in [1.82, 2.24) is 5.32 Å². The molecule has 0 aliphatic heterocycles. The Balaban J connectivity index is 2.32. The van der Waals surface area contributed by atoms with Crippen LogP contribution in [0.4, 0.5) is 0 Å². The Labute approximate surface area is 121 Å². The van der Waals surface area contributed by atoms with Crippen LogP contribution in [0.15, 0.2) is 17.5 Å². The van der Waals surface area contributed by atoms with E-state index in [2.05, 4.69) is 50.5 Å². The highest BCUT2D eigenvalue weighted by Gasteiger charge is 2.17. The van der Waals surface area contributed by atoms with Gasteiger partial charge in [0.15, 0.2) is 0 Å². The molecule has 0 aliphatic carbocycles. The van der Waals surface area contributed by atoms with E-state index in [0.717, 1.165) is 0 Å². The van der Waals surface area contributed by atoms with Crippen LogP contribution in [0, 0.1) is 11.8 Å². The van der Waals surface area contributed by atoms with Gasteiger partial charge < -0.3 is 15.2 Å². The normalized spacial score (nSPS) is 15.1. The predicted octanol–water partition coefficient (Wildman–Crippen LogP) is 3.07. The van der Waals surface area contributed by atoms with Gasteiger partial charge in [-0.25, -0.2) is 0 Å². The molecule has 1 aromatic heterocycles. The van der Waals surface area contributed by atoms with E-state index in [9.17, 15) is 5.11 Å². The minimum atomic E-state index is -0.444. The van der Waals surface area contributed by atoms with Gasteiger partial charge in [0.2, 0.25) is 0 Å². The molecule has 110 valence electrons. The third-order valence-corrected chi connectivity index (χ3v) is 3.81. The van der Waals surface area contributed by atoms with Gasteiger partial charge in [0.25, 0.3) is 0 Å². The molecule has 0 saturated heterocycles. The van der Waals surface area contributed by atoms with Crippen molar-refractivity contribution in [3.63, 3.8) is 0 Å². The Morgan fingerprint density at radius 2 is 2.00 bits per heavy atom. The van der Waals surface area contributed by atoms with Gasteiger partial charge in [0.1, 0.15) is 0 Å². The van der Waals surface area contributed by atoms with E-state index in [1.807, 2.05) is 0 Å².